The topological polar surface area (TPSA) is 324 Å². The number of carboxylic acids is 1. The molecule has 1 aromatic heterocycles. The number of amides is 7. The zero-order valence-corrected chi connectivity index (χ0v) is 51.5. The van der Waals surface area contributed by atoms with E-state index in [1.165, 1.54) is 44.3 Å². The lowest BCUT2D eigenvalue weighted by molar-refractivity contribution is -0.143. The first-order chi connectivity index (χ1) is 39.4. The van der Waals surface area contributed by atoms with Crippen molar-refractivity contribution in [3.05, 3.63) is 88.2 Å². The fourth-order valence-corrected chi connectivity index (χ4v) is 8.84. The number of nitrogens with one attached hydrogen (secondary N) is 6. The molecule has 1 aliphatic heterocycles. The molecule has 2 heterocycles. The average Bonchev–Trinajstić information content (AvgIpc) is 1.49. The minimum atomic E-state index is -1.67. The standard InChI is InChI=1S/C61H83N9O15/c1-33-46(34(2)66-49(65-33)37-17-20-39(21-18-37)58(4,5)6)51(73)68-42(23-24-62-55(78)83-59(7,8)9)53(75)70(16)47-38-19-22-44(81-27-25-63-56(79)84-60(10,11)12)40(32-38)41-29-36(30-43(54(76)77)69-50(72)35(3)67-52(47)74)31-45(48(41)71)82-28-26-64-57(80)85-61(13,14)15/h17-22,29,31-32,35,42-43,47,71H,23-28,30H2,1-16H3,(H,62,78)(H,63,79)(H,64,80)(H,67,74)(H,68,73)(H,69,72)(H,76,77)/t35-,42-,43-,47-/m0/s1. The summed E-state index contributed by atoms with van der Waals surface area (Å²) in [5.74, 6) is -5.15. The van der Waals surface area contributed by atoms with Gasteiger partial charge in [0.15, 0.2) is 17.3 Å². The maximum absolute atomic E-state index is 15.3. The highest BCUT2D eigenvalue weighted by Crippen LogP contribution is 2.44. The van der Waals surface area contributed by atoms with Gasteiger partial charge in [0.05, 0.1) is 30.0 Å². The largest absolute Gasteiger partial charge is 0.504 e. The number of aromatic hydroxyl groups is 1. The van der Waals surface area contributed by atoms with Crippen LogP contribution >= 0.6 is 0 Å². The lowest BCUT2D eigenvalue weighted by Crippen LogP contribution is -2.55. The summed E-state index contributed by atoms with van der Waals surface area (Å²) >= 11 is 0. The molecular formula is C61H83N9O15. The van der Waals surface area contributed by atoms with Crippen LogP contribution in [0.15, 0.2) is 54.6 Å². The molecule has 0 saturated heterocycles. The highest BCUT2D eigenvalue weighted by Gasteiger charge is 2.37. The molecule has 0 saturated carbocycles. The van der Waals surface area contributed by atoms with E-state index in [2.05, 4.69) is 62.6 Å². The molecule has 4 bridgehead atoms. The fourth-order valence-electron chi connectivity index (χ4n) is 8.84. The monoisotopic (exact) mass is 1180 g/mol. The van der Waals surface area contributed by atoms with Crippen molar-refractivity contribution in [1.82, 2.24) is 46.8 Å². The number of likely N-dealkylation sites (N-methyl/N-ethyl adjacent to an activating group) is 1. The minimum absolute atomic E-state index is 0.0298. The molecule has 3 aromatic carbocycles. The third-order valence-corrected chi connectivity index (χ3v) is 12.8. The number of nitrogens with zero attached hydrogens (tertiary/aromatic N) is 3. The minimum Gasteiger partial charge on any atom is -0.504 e. The molecule has 462 valence electrons. The zero-order valence-electron chi connectivity index (χ0n) is 51.5. The predicted molar refractivity (Wildman–Crippen MR) is 315 cm³/mol. The van der Waals surface area contributed by atoms with E-state index in [-0.39, 0.29) is 90.4 Å². The van der Waals surface area contributed by atoms with Gasteiger partial charge < -0.3 is 70.7 Å². The number of ether oxygens (including phenoxy) is 5. The summed E-state index contributed by atoms with van der Waals surface area (Å²) in [6, 6.07) is 8.78. The van der Waals surface area contributed by atoms with E-state index in [0.717, 1.165) is 10.5 Å². The number of carbonyl (C=O) groups excluding carboxylic acids is 7. The Kier molecular flexibility index (Phi) is 21.9. The Labute approximate surface area is 496 Å². The van der Waals surface area contributed by atoms with Gasteiger partial charge in [-0.05, 0) is 136 Å². The van der Waals surface area contributed by atoms with Gasteiger partial charge in [0, 0.05) is 36.7 Å². The highest BCUT2D eigenvalue weighted by molar-refractivity contribution is 6.00. The van der Waals surface area contributed by atoms with E-state index >= 15 is 4.79 Å². The summed E-state index contributed by atoms with van der Waals surface area (Å²) in [5.41, 5.74) is 0.234. The molecule has 1 aliphatic rings. The van der Waals surface area contributed by atoms with Crippen LogP contribution in [0.5, 0.6) is 17.2 Å². The van der Waals surface area contributed by atoms with Crippen LogP contribution in [-0.2, 0) is 45.2 Å². The van der Waals surface area contributed by atoms with E-state index in [1.54, 1.807) is 76.2 Å². The van der Waals surface area contributed by atoms with Crippen molar-refractivity contribution >= 4 is 47.9 Å². The van der Waals surface area contributed by atoms with Gasteiger partial charge in [-0.2, -0.15) is 0 Å². The average molecular weight is 1180 g/mol. The van der Waals surface area contributed by atoms with Crippen LogP contribution < -0.4 is 41.4 Å². The Morgan fingerprint density at radius 2 is 1.20 bits per heavy atom. The Morgan fingerprint density at radius 1 is 0.682 bits per heavy atom. The third-order valence-electron chi connectivity index (χ3n) is 12.8. The number of benzene rings is 3. The van der Waals surface area contributed by atoms with E-state index in [9.17, 15) is 43.8 Å². The molecule has 8 N–H and O–H groups in total. The molecule has 5 rings (SSSR count). The molecule has 0 spiro atoms. The van der Waals surface area contributed by atoms with Gasteiger partial charge in [-0.15, -0.1) is 0 Å². The first-order valence-corrected chi connectivity index (χ1v) is 27.9. The van der Waals surface area contributed by atoms with Gasteiger partial charge in [0.2, 0.25) is 17.7 Å². The molecule has 24 heteroatoms. The van der Waals surface area contributed by atoms with Gasteiger partial charge in [0.25, 0.3) is 5.91 Å². The van der Waals surface area contributed by atoms with Crippen molar-refractivity contribution in [2.45, 2.75) is 163 Å². The highest BCUT2D eigenvalue weighted by atomic mass is 16.6. The van der Waals surface area contributed by atoms with E-state index in [1.807, 2.05) is 24.3 Å². The first kappa shape index (κ1) is 67.1. The van der Waals surface area contributed by atoms with Crippen LogP contribution in [0.4, 0.5) is 14.4 Å². The van der Waals surface area contributed by atoms with Crippen LogP contribution in [-0.4, -0.2) is 148 Å². The van der Waals surface area contributed by atoms with Crippen molar-refractivity contribution in [3.8, 4) is 39.8 Å². The van der Waals surface area contributed by atoms with E-state index in [4.69, 9.17) is 23.7 Å². The van der Waals surface area contributed by atoms with Crippen molar-refractivity contribution in [1.29, 1.82) is 0 Å². The van der Waals surface area contributed by atoms with Gasteiger partial charge >= 0.3 is 24.2 Å². The summed E-state index contributed by atoms with van der Waals surface area (Å²) in [6.45, 7) is 25.3. The second kappa shape index (κ2) is 27.8. The smallest absolute Gasteiger partial charge is 0.407 e. The lowest BCUT2D eigenvalue weighted by atomic mass is 9.86. The number of hydrogen-bond acceptors (Lipinski definition) is 16. The van der Waals surface area contributed by atoms with Crippen molar-refractivity contribution in [3.63, 3.8) is 0 Å². The molecule has 0 fully saturated rings. The SMILES string of the molecule is Cc1nc(-c2ccc(C(C)(C)C)cc2)nc(C)c1C(=O)N[C@@H](CCNC(=O)OC(C)(C)C)C(=O)N(C)[C@@H]1C(=O)N[C@@H](C)C(=O)N[C@H](C(=O)O)Cc2cc(OCCNC(=O)OC(C)(C)C)c(O)c(c2)-c2cc1ccc2OCCNC(=O)OC(C)(C)C. The number of fused-ring (bicyclic) bond motifs is 5. The number of aliphatic carboxylic acids is 1. The lowest BCUT2D eigenvalue weighted by Gasteiger charge is -2.33. The third kappa shape index (κ3) is 19.7. The fraction of sp³-hybridized carbons (Fsp3) is 0.508. The van der Waals surface area contributed by atoms with Crippen molar-refractivity contribution in [2.24, 2.45) is 0 Å². The number of alkyl carbamates (subject to hydrolysis) is 3. The van der Waals surface area contributed by atoms with Gasteiger partial charge in [-0.1, -0.05) is 51.1 Å². The molecule has 7 amide bonds. The second-order valence-electron chi connectivity index (χ2n) is 24.6. The Hall–Kier alpha value is -8.70. The summed E-state index contributed by atoms with van der Waals surface area (Å²) in [5, 5.41) is 38.3. The Bertz CT molecular complexity index is 3100. The van der Waals surface area contributed by atoms with Crippen LogP contribution in [0.25, 0.3) is 22.5 Å². The van der Waals surface area contributed by atoms with Gasteiger partial charge in [-0.25, -0.2) is 29.1 Å². The molecule has 4 aromatic rings. The number of hydrogen-bond donors (Lipinski definition) is 8. The zero-order chi connectivity index (χ0) is 63.5. The maximum atomic E-state index is 15.3. The Morgan fingerprint density at radius 3 is 1.71 bits per heavy atom. The number of aryl methyl sites for hydroxylation is 2. The predicted octanol–water partition coefficient (Wildman–Crippen LogP) is 7.08. The van der Waals surface area contributed by atoms with E-state index < -0.39 is 94.6 Å². The molecular weight excluding hydrogens is 1100 g/mol. The van der Waals surface area contributed by atoms with Crippen LogP contribution in [0.1, 0.15) is 141 Å². The molecule has 0 aliphatic carbocycles. The van der Waals surface area contributed by atoms with Gasteiger partial charge in [-0.3, -0.25) is 19.2 Å². The molecule has 85 heavy (non-hydrogen) atoms. The Balaban J connectivity index is 1.65. The summed E-state index contributed by atoms with van der Waals surface area (Å²) in [6.07, 6.45) is -2.88. The molecule has 0 unspecified atom stereocenters. The summed E-state index contributed by atoms with van der Waals surface area (Å²) in [4.78, 5) is 120. The number of rotatable bonds is 17. The number of phenolic OH excluding ortho intramolecular Hbond substituents is 1. The molecule has 0 radical (unpaired) electrons. The second-order valence-corrected chi connectivity index (χ2v) is 24.6. The van der Waals surface area contributed by atoms with E-state index in [0.29, 0.717) is 22.8 Å². The number of phenols is 1. The van der Waals surface area contributed by atoms with Crippen molar-refractivity contribution in [2.75, 3.05) is 39.9 Å². The summed E-state index contributed by atoms with van der Waals surface area (Å²) < 4.78 is 28.4. The maximum Gasteiger partial charge on any atom is 0.407 e. The van der Waals surface area contributed by atoms with Crippen LogP contribution in [0, 0.1) is 13.8 Å². The summed E-state index contributed by atoms with van der Waals surface area (Å²) in [7, 11) is 1.29. The molecule has 24 nitrogen and oxygen atoms in total. The first-order valence-electron chi connectivity index (χ1n) is 27.9. The van der Waals surface area contributed by atoms with Crippen LogP contribution in [0.2, 0.25) is 0 Å². The van der Waals surface area contributed by atoms with Crippen molar-refractivity contribution < 1.29 is 72.3 Å². The van der Waals surface area contributed by atoms with Gasteiger partial charge in [0.1, 0.15) is 59.9 Å². The van der Waals surface area contributed by atoms with Crippen LogP contribution in [0.3, 0.4) is 0 Å². The number of carbonyl (C=O) groups is 8. The number of carboxylic acid groups (broad SMARTS) is 1. The molecule has 4 atom stereocenters. The number of aromatic nitrogens is 2. The normalized spacial score (nSPS) is 16.0. The quantitative estimate of drug-likeness (QED) is 0.0387.